The third-order valence-electron chi connectivity index (χ3n) is 4.57. The minimum absolute atomic E-state index is 0.215. The zero-order chi connectivity index (χ0) is 19.7. The smallest absolute Gasteiger partial charge is 0.219 e. The molecule has 4 rings (SSSR count). The molecule has 7 nitrogen and oxygen atoms in total. The molecule has 0 amide bonds. The van der Waals surface area contributed by atoms with Gasteiger partial charge < -0.3 is 15.2 Å². The van der Waals surface area contributed by atoms with Crippen LogP contribution in [0.25, 0.3) is 0 Å². The molecule has 0 saturated carbocycles. The summed E-state index contributed by atoms with van der Waals surface area (Å²) in [5, 5.41) is 22.5. The van der Waals surface area contributed by atoms with Gasteiger partial charge in [-0.2, -0.15) is 5.26 Å². The number of fused-ring (bicyclic) bond motifs is 1. The molecule has 1 aliphatic rings. The van der Waals surface area contributed by atoms with Crippen LogP contribution in [-0.2, 0) is 0 Å². The number of hydrogen-bond donors (Lipinski definition) is 2. The molecule has 1 aromatic carbocycles. The van der Waals surface area contributed by atoms with Gasteiger partial charge in [-0.3, -0.25) is 9.88 Å². The third-order valence-corrected chi connectivity index (χ3v) is 4.57. The molecule has 140 valence electrons. The fourth-order valence-corrected chi connectivity index (χ4v) is 3.20. The summed E-state index contributed by atoms with van der Waals surface area (Å²) in [4.78, 5) is 10.1. The molecule has 7 heteroatoms. The Morgan fingerprint density at radius 1 is 1.21 bits per heavy atom. The Bertz CT molecular complexity index is 1040. The van der Waals surface area contributed by atoms with Crippen molar-refractivity contribution in [2.75, 3.05) is 10.2 Å². The molecule has 0 spiro atoms. The molecular formula is C21H19N5O2. The standard InChI is InChI=1S/C21H19N5O2/c1-13(2)17-9-16(5-3-14(17)10-22)28-20-6-4-15(11-24-20)26-19-7-8-23-12-18(19)25-21(26)27/h3-9,11-13,21,25,27H,1-2H3. The lowest BCUT2D eigenvalue weighted by Gasteiger charge is -2.22. The Morgan fingerprint density at radius 3 is 2.79 bits per heavy atom. The Morgan fingerprint density at radius 2 is 2.07 bits per heavy atom. The van der Waals surface area contributed by atoms with Gasteiger partial charge in [-0.25, -0.2) is 4.98 Å². The number of nitrogens with one attached hydrogen (secondary N) is 1. The van der Waals surface area contributed by atoms with Crippen LogP contribution in [0.4, 0.5) is 17.1 Å². The van der Waals surface area contributed by atoms with E-state index >= 15 is 0 Å². The van der Waals surface area contributed by atoms with Crippen LogP contribution in [0.1, 0.15) is 30.9 Å². The minimum Gasteiger partial charge on any atom is -0.439 e. The molecule has 1 atom stereocenters. The van der Waals surface area contributed by atoms with Crippen molar-refractivity contribution in [3.63, 3.8) is 0 Å². The number of benzene rings is 1. The first-order valence-corrected chi connectivity index (χ1v) is 8.92. The van der Waals surface area contributed by atoms with Crippen molar-refractivity contribution in [3.8, 4) is 17.7 Å². The van der Waals surface area contributed by atoms with E-state index in [0.29, 0.717) is 17.2 Å². The van der Waals surface area contributed by atoms with Crippen LogP contribution in [0.5, 0.6) is 11.6 Å². The molecule has 0 fully saturated rings. The van der Waals surface area contributed by atoms with Crippen molar-refractivity contribution in [2.24, 2.45) is 0 Å². The first-order chi connectivity index (χ1) is 13.6. The summed E-state index contributed by atoms with van der Waals surface area (Å²) in [7, 11) is 0. The van der Waals surface area contributed by atoms with Crippen molar-refractivity contribution < 1.29 is 9.84 Å². The molecule has 3 aromatic rings. The first kappa shape index (κ1) is 17.8. The molecule has 28 heavy (non-hydrogen) atoms. The van der Waals surface area contributed by atoms with E-state index in [-0.39, 0.29) is 5.92 Å². The van der Waals surface area contributed by atoms with E-state index in [0.717, 1.165) is 22.6 Å². The predicted molar refractivity (Wildman–Crippen MR) is 106 cm³/mol. The number of pyridine rings is 2. The SMILES string of the molecule is CC(C)c1cc(Oc2ccc(N3c4ccncc4NC3O)cn2)ccc1C#N. The van der Waals surface area contributed by atoms with Gasteiger partial charge in [0.15, 0.2) is 0 Å². The summed E-state index contributed by atoms with van der Waals surface area (Å²) in [6.45, 7) is 4.07. The molecule has 0 radical (unpaired) electrons. The molecule has 3 heterocycles. The van der Waals surface area contributed by atoms with E-state index < -0.39 is 6.35 Å². The van der Waals surface area contributed by atoms with Crippen LogP contribution in [0.2, 0.25) is 0 Å². The molecule has 1 unspecified atom stereocenters. The molecular weight excluding hydrogens is 354 g/mol. The molecule has 0 aliphatic carbocycles. The molecule has 2 N–H and O–H groups in total. The lowest BCUT2D eigenvalue weighted by molar-refractivity contribution is 0.216. The van der Waals surface area contributed by atoms with Gasteiger partial charge in [0.1, 0.15) is 5.75 Å². The number of hydrogen-bond acceptors (Lipinski definition) is 7. The van der Waals surface area contributed by atoms with Gasteiger partial charge in [-0.1, -0.05) is 13.8 Å². The van der Waals surface area contributed by atoms with Crippen LogP contribution in [0, 0.1) is 11.3 Å². The maximum absolute atomic E-state index is 10.3. The monoisotopic (exact) mass is 373 g/mol. The highest BCUT2D eigenvalue weighted by Gasteiger charge is 2.28. The number of ether oxygens (including phenoxy) is 1. The number of anilines is 3. The number of aliphatic hydroxyl groups excluding tert-OH is 1. The normalized spacial score (nSPS) is 15.1. The number of aromatic nitrogens is 2. The topological polar surface area (TPSA) is 94.3 Å². The second-order valence-corrected chi connectivity index (χ2v) is 6.75. The van der Waals surface area contributed by atoms with Crippen LogP contribution in [0.3, 0.4) is 0 Å². The van der Waals surface area contributed by atoms with E-state index in [4.69, 9.17) is 4.74 Å². The maximum atomic E-state index is 10.3. The van der Waals surface area contributed by atoms with E-state index in [1.165, 1.54) is 0 Å². The Hall–Kier alpha value is -3.63. The van der Waals surface area contributed by atoms with E-state index in [1.54, 1.807) is 41.7 Å². The average Bonchev–Trinajstić information content (AvgIpc) is 3.04. The van der Waals surface area contributed by atoms with Crippen LogP contribution in [-0.4, -0.2) is 21.4 Å². The average molecular weight is 373 g/mol. The van der Waals surface area contributed by atoms with Gasteiger partial charge in [0, 0.05) is 12.3 Å². The van der Waals surface area contributed by atoms with Crippen LogP contribution in [0.15, 0.2) is 55.0 Å². The van der Waals surface area contributed by atoms with Gasteiger partial charge in [0.2, 0.25) is 12.2 Å². The quantitative estimate of drug-likeness (QED) is 0.711. The summed E-state index contributed by atoms with van der Waals surface area (Å²) in [5.41, 5.74) is 3.89. The second-order valence-electron chi connectivity index (χ2n) is 6.75. The third kappa shape index (κ3) is 3.21. The highest BCUT2D eigenvalue weighted by atomic mass is 16.5. The number of nitrogens with zero attached hydrogens (tertiary/aromatic N) is 4. The zero-order valence-electron chi connectivity index (χ0n) is 15.5. The number of aliphatic hydroxyl groups is 1. The summed E-state index contributed by atoms with van der Waals surface area (Å²) < 4.78 is 5.86. The minimum atomic E-state index is -0.889. The summed E-state index contributed by atoms with van der Waals surface area (Å²) >= 11 is 0. The van der Waals surface area contributed by atoms with Gasteiger partial charge in [0.25, 0.3) is 0 Å². The first-order valence-electron chi connectivity index (χ1n) is 8.92. The molecule has 2 aromatic heterocycles. The highest BCUT2D eigenvalue weighted by Crippen LogP contribution is 2.38. The van der Waals surface area contributed by atoms with Crippen molar-refractivity contribution >= 4 is 17.1 Å². The largest absolute Gasteiger partial charge is 0.439 e. The van der Waals surface area contributed by atoms with Gasteiger partial charge in [-0.15, -0.1) is 0 Å². The number of nitriles is 1. The zero-order valence-corrected chi connectivity index (χ0v) is 15.5. The fraction of sp³-hybridized carbons (Fsp3) is 0.190. The van der Waals surface area contributed by atoms with Crippen LogP contribution >= 0.6 is 0 Å². The summed E-state index contributed by atoms with van der Waals surface area (Å²) in [6.07, 6.45) is 4.09. The Labute approximate surface area is 162 Å². The molecule has 0 saturated heterocycles. The van der Waals surface area contributed by atoms with Gasteiger partial charge >= 0.3 is 0 Å². The van der Waals surface area contributed by atoms with Crippen molar-refractivity contribution in [1.29, 1.82) is 5.26 Å². The van der Waals surface area contributed by atoms with E-state index in [9.17, 15) is 10.4 Å². The van der Waals surface area contributed by atoms with Gasteiger partial charge in [0.05, 0.1) is 41.1 Å². The van der Waals surface area contributed by atoms with Crippen molar-refractivity contribution in [1.82, 2.24) is 9.97 Å². The highest BCUT2D eigenvalue weighted by molar-refractivity contribution is 5.80. The molecule has 0 bridgehead atoms. The summed E-state index contributed by atoms with van der Waals surface area (Å²) in [5.74, 6) is 1.27. The second kappa shape index (κ2) is 7.18. The Balaban J connectivity index is 1.57. The van der Waals surface area contributed by atoms with Crippen molar-refractivity contribution in [3.05, 3.63) is 66.1 Å². The van der Waals surface area contributed by atoms with Crippen LogP contribution < -0.4 is 15.0 Å². The molecule has 1 aliphatic heterocycles. The Kier molecular flexibility index (Phi) is 4.55. The fourth-order valence-electron chi connectivity index (χ4n) is 3.20. The van der Waals surface area contributed by atoms with E-state index in [2.05, 4.69) is 21.4 Å². The van der Waals surface area contributed by atoms with Crippen molar-refractivity contribution in [2.45, 2.75) is 26.1 Å². The van der Waals surface area contributed by atoms with E-state index in [1.807, 2.05) is 32.0 Å². The summed E-state index contributed by atoms with van der Waals surface area (Å²) in [6, 6.07) is 13.0. The maximum Gasteiger partial charge on any atom is 0.219 e. The lowest BCUT2D eigenvalue weighted by Crippen LogP contribution is -2.31. The predicted octanol–water partition coefficient (Wildman–Crippen LogP) is 4.10. The number of rotatable bonds is 4. The van der Waals surface area contributed by atoms with Gasteiger partial charge in [-0.05, 0) is 41.8 Å². The lowest BCUT2D eigenvalue weighted by atomic mass is 9.98.